The maximum absolute atomic E-state index is 12.8. The van der Waals surface area contributed by atoms with E-state index in [9.17, 15) is 14.4 Å². The number of nitrogens with zero attached hydrogens (tertiary/aromatic N) is 1. The third-order valence-corrected chi connectivity index (χ3v) is 4.95. The van der Waals surface area contributed by atoms with Crippen LogP contribution in [0, 0.1) is 0 Å². The molecule has 0 radical (unpaired) electrons. The molecule has 1 N–H and O–H groups in total. The van der Waals surface area contributed by atoms with Crippen molar-refractivity contribution in [1.82, 2.24) is 10.2 Å². The highest BCUT2D eigenvalue weighted by atomic mass is 35.5. The first-order valence-electron chi connectivity index (χ1n) is 8.87. The number of halogens is 1. The van der Waals surface area contributed by atoms with Gasteiger partial charge in [0.05, 0.1) is 18.7 Å². The molecule has 0 atom stereocenters. The molecule has 3 rings (SSSR count). The first-order valence-corrected chi connectivity index (χ1v) is 9.25. The van der Waals surface area contributed by atoms with Crippen LogP contribution in [0.5, 0.6) is 11.5 Å². The van der Waals surface area contributed by atoms with E-state index in [4.69, 9.17) is 21.1 Å². The lowest BCUT2D eigenvalue weighted by molar-refractivity contribution is -0.131. The summed E-state index contributed by atoms with van der Waals surface area (Å²) in [5.74, 6) is -0.515. The fourth-order valence-corrected chi connectivity index (χ4v) is 3.76. The molecule has 4 amide bonds. The first kappa shape index (κ1) is 19.2. The third kappa shape index (κ3) is 3.78. The van der Waals surface area contributed by atoms with E-state index in [2.05, 4.69) is 5.32 Å². The number of barbiturate groups is 1. The summed E-state index contributed by atoms with van der Waals surface area (Å²) < 4.78 is 10.8. The summed E-state index contributed by atoms with van der Waals surface area (Å²) in [6.45, 7) is 2.22. The summed E-state index contributed by atoms with van der Waals surface area (Å²) in [7, 11) is 1.48. The highest BCUT2D eigenvalue weighted by Crippen LogP contribution is 2.37. The third-order valence-electron chi connectivity index (χ3n) is 4.67. The number of rotatable bonds is 5. The van der Waals surface area contributed by atoms with Gasteiger partial charge in [0.15, 0.2) is 11.5 Å². The Labute approximate surface area is 162 Å². The molecule has 2 fully saturated rings. The summed E-state index contributed by atoms with van der Waals surface area (Å²) in [6, 6.07) is 2.38. The number of hydrogen-bond donors (Lipinski definition) is 1. The Morgan fingerprint density at radius 1 is 1.26 bits per heavy atom. The van der Waals surface area contributed by atoms with Gasteiger partial charge >= 0.3 is 6.03 Å². The number of nitrogens with one attached hydrogen (secondary N) is 1. The lowest BCUT2D eigenvalue weighted by Gasteiger charge is -2.31. The van der Waals surface area contributed by atoms with Crippen molar-refractivity contribution >= 4 is 35.5 Å². The topological polar surface area (TPSA) is 84.9 Å². The second-order valence-electron chi connectivity index (χ2n) is 6.40. The van der Waals surface area contributed by atoms with Crippen molar-refractivity contribution in [2.24, 2.45) is 0 Å². The predicted molar refractivity (Wildman–Crippen MR) is 99.8 cm³/mol. The molecule has 1 saturated carbocycles. The van der Waals surface area contributed by atoms with E-state index in [0.717, 1.165) is 30.6 Å². The standard InChI is InChI=1S/C19H21ClN2O5/c1-3-27-15-10-11(9-14(20)16(15)26-2)8-13-17(23)21-19(25)22(18(13)24)12-6-4-5-7-12/h8-10,12H,3-7H2,1-2H3,(H,21,23,25)/b13-8+. The lowest BCUT2D eigenvalue weighted by atomic mass is 10.0. The minimum atomic E-state index is -0.718. The molecule has 1 aromatic rings. The number of carbonyl (C=O) groups excluding carboxylic acids is 3. The van der Waals surface area contributed by atoms with Crippen molar-refractivity contribution in [1.29, 1.82) is 0 Å². The molecule has 8 heteroatoms. The molecule has 144 valence electrons. The average molecular weight is 393 g/mol. The summed E-state index contributed by atoms with van der Waals surface area (Å²) in [6.07, 6.45) is 4.84. The zero-order chi connectivity index (χ0) is 19.6. The second kappa shape index (κ2) is 8.00. The quantitative estimate of drug-likeness (QED) is 0.614. The Morgan fingerprint density at radius 3 is 2.59 bits per heavy atom. The number of urea groups is 1. The molecule has 2 aliphatic rings. The van der Waals surface area contributed by atoms with Crippen LogP contribution in [0.25, 0.3) is 6.08 Å². The second-order valence-corrected chi connectivity index (χ2v) is 6.81. The van der Waals surface area contributed by atoms with Crippen LogP contribution in [0.15, 0.2) is 17.7 Å². The van der Waals surface area contributed by atoms with Gasteiger partial charge in [-0.1, -0.05) is 24.4 Å². The van der Waals surface area contributed by atoms with Crippen LogP contribution in [-0.4, -0.2) is 42.5 Å². The molecule has 0 aromatic heterocycles. The van der Waals surface area contributed by atoms with Gasteiger partial charge in [-0.05, 0) is 43.5 Å². The summed E-state index contributed by atoms with van der Waals surface area (Å²) in [5.41, 5.74) is 0.397. The Hall–Kier alpha value is -2.54. The normalized spacial score (nSPS) is 19.6. The van der Waals surface area contributed by atoms with Gasteiger partial charge in [0.2, 0.25) is 0 Å². The number of carbonyl (C=O) groups is 3. The van der Waals surface area contributed by atoms with Crippen molar-refractivity contribution < 1.29 is 23.9 Å². The monoisotopic (exact) mass is 392 g/mol. The smallest absolute Gasteiger partial charge is 0.331 e. The van der Waals surface area contributed by atoms with Crippen LogP contribution in [0.1, 0.15) is 38.2 Å². The molecule has 1 heterocycles. The molecular weight excluding hydrogens is 372 g/mol. The van der Waals surface area contributed by atoms with Gasteiger partial charge in [-0.15, -0.1) is 0 Å². The first-order chi connectivity index (χ1) is 13.0. The van der Waals surface area contributed by atoms with Crippen LogP contribution in [0.3, 0.4) is 0 Å². The number of ether oxygens (including phenoxy) is 2. The van der Waals surface area contributed by atoms with Crippen LogP contribution in [0.4, 0.5) is 4.79 Å². The van der Waals surface area contributed by atoms with Gasteiger partial charge in [0, 0.05) is 6.04 Å². The number of amides is 4. The summed E-state index contributed by atoms with van der Waals surface area (Å²) >= 11 is 6.23. The Bertz CT molecular complexity index is 815. The van der Waals surface area contributed by atoms with Crippen molar-refractivity contribution in [2.45, 2.75) is 38.6 Å². The van der Waals surface area contributed by atoms with Crippen LogP contribution < -0.4 is 14.8 Å². The van der Waals surface area contributed by atoms with E-state index in [-0.39, 0.29) is 11.6 Å². The highest BCUT2D eigenvalue weighted by Gasteiger charge is 2.40. The Balaban J connectivity index is 1.98. The van der Waals surface area contributed by atoms with E-state index >= 15 is 0 Å². The van der Waals surface area contributed by atoms with Crippen molar-refractivity contribution in [3.63, 3.8) is 0 Å². The van der Waals surface area contributed by atoms with E-state index in [1.807, 2.05) is 6.92 Å². The van der Waals surface area contributed by atoms with E-state index in [1.165, 1.54) is 13.2 Å². The summed E-state index contributed by atoms with van der Waals surface area (Å²) in [5, 5.41) is 2.55. The molecule has 0 bridgehead atoms. The molecule has 1 aromatic carbocycles. The molecule has 7 nitrogen and oxygen atoms in total. The zero-order valence-corrected chi connectivity index (χ0v) is 16.0. The highest BCUT2D eigenvalue weighted by molar-refractivity contribution is 6.33. The summed E-state index contributed by atoms with van der Waals surface area (Å²) in [4.78, 5) is 38.4. The van der Waals surface area contributed by atoms with Gasteiger partial charge in [-0.3, -0.25) is 19.8 Å². The van der Waals surface area contributed by atoms with Gasteiger partial charge in [0.25, 0.3) is 11.8 Å². The molecular formula is C19H21ClN2O5. The number of imide groups is 2. The van der Waals surface area contributed by atoms with E-state index in [0.29, 0.717) is 28.7 Å². The van der Waals surface area contributed by atoms with Gasteiger partial charge in [0.1, 0.15) is 5.57 Å². The van der Waals surface area contributed by atoms with Crippen molar-refractivity contribution in [2.75, 3.05) is 13.7 Å². The van der Waals surface area contributed by atoms with Crippen LogP contribution in [0.2, 0.25) is 5.02 Å². The number of hydrogen-bond acceptors (Lipinski definition) is 5. The van der Waals surface area contributed by atoms with E-state index < -0.39 is 17.8 Å². The van der Waals surface area contributed by atoms with Gasteiger partial charge < -0.3 is 9.47 Å². The fraction of sp³-hybridized carbons (Fsp3) is 0.421. The molecule has 1 aliphatic carbocycles. The van der Waals surface area contributed by atoms with Crippen molar-refractivity contribution in [3.05, 3.63) is 28.3 Å². The maximum Gasteiger partial charge on any atom is 0.331 e. The van der Waals surface area contributed by atoms with E-state index in [1.54, 1.807) is 12.1 Å². The SMILES string of the molecule is CCOc1cc(/C=C2\C(=O)NC(=O)N(C3CCCC3)C2=O)cc(Cl)c1OC. The molecule has 1 saturated heterocycles. The lowest BCUT2D eigenvalue weighted by Crippen LogP contribution is -2.57. The number of methoxy groups -OCH3 is 1. The largest absolute Gasteiger partial charge is 0.491 e. The molecule has 0 unspecified atom stereocenters. The van der Waals surface area contributed by atoms with Crippen LogP contribution >= 0.6 is 11.6 Å². The number of benzene rings is 1. The zero-order valence-electron chi connectivity index (χ0n) is 15.2. The van der Waals surface area contributed by atoms with Crippen LogP contribution in [-0.2, 0) is 9.59 Å². The molecule has 0 spiro atoms. The predicted octanol–water partition coefficient (Wildman–Crippen LogP) is 3.15. The Morgan fingerprint density at radius 2 is 1.96 bits per heavy atom. The maximum atomic E-state index is 12.8. The van der Waals surface area contributed by atoms with Gasteiger partial charge in [-0.2, -0.15) is 0 Å². The average Bonchev–Trinajstić information content (AvgIpc) is 3.13. The molecule has 1 aliphatic heterocycles. The molecule has 27 heavy (non-hydrogen) atoms. The van der Waals surface area contributed by atoms with Crippen molar-refractivity contribution in [3.8, 4) is 11.5 Å². The Kier molecular flexibility index (Phi) is 5.70. The van der Waals surface area contributed by atoms with Gasteiger partial charge in [-0.25, -0.2) is 4.79 Å². The fourth-order valence-electron chi connectivity index (χ4n) is 3.46. The minimum Gasteiger partial charge on any atom is -0.491 e. The minimum absolute atomic E-state index is 0.106.